The number of aryl methyl sites for hydroxylation is 1. The highest BCUT2D eigenvalue weighted by Gasteiger charge is 2.25. The summed E-state index contributed by atoms with van der Waals surface area (Å²) in [7, 11) is 0. The first kappa shape index (κ1) is 17.5. The van der Waals surface area contributed by atoms with Crippen molar-refractivity contribution in [2.75, 3.05) is 13.1 Å². The number of aromatic nitrogens is 1. The Balaban J connectivity index is 1.37. The minimum atomic E-state index is 0.00792. The zero-order chi connectivity index (χ0) is 18.8. The molecule has 5 nitrogen and oxygen atoms in total. The number of fused-ring (bicyclic) bond motifs is 1. The van der Waals surface area contributed by atoms with Crippen LogP contribution in [0.25, 0.3) is 10.2 Å². The van der Waals surface area contributed by atoms with Crippen LogP contribution >= 0.6 is 11.3 Å². The van der Waals surface area contributed by atoms with E-state index in [1.165, 1.54) is 0 Å². The van der Waals surface area contributed by atoms with E-state index in [-0.39, 0.29) is 12.0 Å². The van der Waals surface area contributed by atoms with Crippen LogP contribution in [0.5, 0.6) is 5.19 Å². The summed E-state index contributed by atoms with van der Waals surface area (Å²) < 4.78 is 7.23. The van der Waals surface area contributed by atoms with E-state index in [2.05, 4.69) is 30.1 Å². The Kier molecular flexibility index (Phi) is 4.78. The van der Waals surface area contributed by atoms with Gasteiger partial charge in [0.15, 0.2) is 0 Å². The molecule has 3 aromatic rings. The molecule has 1 saturated heterocycles. The Morgan fingerprint density at radius 3 is 2.63 bits per heavy atom. The summed E-state index contributed by atoms with van der Waals surface area (Å²) in [4.78, 5) is 19.1. The van der Waals surface area contributed by atoms with Gasteiger partial charge in [-0.3, -0.25) is 4.79 Å². The summed E-state index contributed by atoms with van der Waals surface area (Å²) in [6.45, 7) is 3.37. The Bertz CT molecular complexity index is 1010. The standard InChI is InChI=1S/C21H19N3O2S/c1-14-3-2-4-18-19(14)23-21(27-18)26-17-9-11-24(12-10-17)20(25)16-7-5-15(13-22)6-8-16/h2-8,17H,9-12H2,1H3. The van der Waals surface area contributed by atoms with Gasteiger partial charge in [0.1, 0.15) is 6.10 Å². The van der Waals surface area contributed by atoms with Crippen molar-refractivity contribution in [3.05, 3.63) is 59.2 Å². The van der Waals surface area contributed by atoms with E-state index in [4.69, 9.17) is 10.00 Å². The van der Waals surface area contributed by atoms with Crippen molar-refractivity contribution < 1.29 is 9.53 Å². The average molecular weight is 377 g/mol. The second-order valence-electron chi connectivity index (χ2n) is 6.70. The summed E-state index contributed by atoms with van der Waals surface area (Å²) in [5, 5.41) is 9.57. The van der Waals surface area contributed by atoms with Crippen LogP contribution in [0, 0.1) is 18.3 Å². The quantitative estimate of drug-likeness (QED) is 0.687. The molecule has 1 amide bonds. The van der Waals surface area contributed by atoms with E-state index in [1.807, 2.05) is 11.0 Å². The first-order chi connectivity index (χ1) is 13.1. The van der Waals surface area contributed by atoms with E-state index in [0.717, 1.165) is 28.6 Å². The zero-order valence-electron chi connectivity index (χ0n) is 15.0. The van der Waals surface area contributed by atoms with E-state index in [0.29, 0.717) is 29.4 Å². The van der Waals surface area contributed by atoms with Gasteiger partial charge in [-0.15, -0.1) is 0 Å². The van der Waals surface area contributed by atoms with Crippen molar-refractivity contribution in [3.63, 3.8) is 0 Å². The number of benzene rings is 2. The molecule has 0 radical (unpaired) electrons. The van der Waals surface area contributed by atoms with Crippen molar-refractivity contribution in [1.82, 2.24) is 9.88 Å². The number of amides is 1. The zero-order valence-corrected chi connectivity index (χ0v) is 15.8. The summed E-state index contributed by atoms with van der Waals surface area (Å²) in [5.41, 5.74) is 3.34. The summed E-state index contributed by atoms with van der Waals surface area (Å²) >= 11 is 1.57. The predicted molar refractivity (Wildman–Crippen MR) is 105 cm³/mol. The van der Waals surface area contributed by atoms with Gasteiger partial charge < -0.3 is 9.64 Å². The Hall–Kier alpha value is -2.91. The Labute approximate surface area is 161 Å². The van der Waals surface area contributed by atoms with E-state index in [1.54, 1.807) is 35.6 Å². The van der Waals surface area contributed by atoms with Crippen LogP contribution in [-0.2, 0) is 0 Å². The van der Waals surface area contributed by atoms with Crippen LogP contribution < -0.4 is 4.74 Å². The fraction of sp³-hybridized carbons (Fsp3) is 0.286. The molecular formula is C21H19N3O2S. The molecule has 0 bridgehead atoms. The normalized spacial score (nSPS) is 14.9. The maximum atomic E-state index is 12.6. The number of thiazole rings is 1. The van der Waals surface area contributed by atoms with Crippen LogP contribution in [0.1, 0.15) is 34.3 Å². The first-order valence-corrected chi connectivity index (χ1v) is 9.78. The number of rotatable bonds is 3. The van der Waals surface area contributed by atoms with Gasteiger partial charge in [0.2, 0.25) is 0 Å². The largest absolute Gasteiger partial charge is 0.467 e. The molecule has 0 saturated carbocycles. The summed E-state index contributed by atoms with van der Waals surface area (Å²) in [6, 6.07) is 15.0. The molecule has 0 N–H and O–H groups in total. The highest BCUT2D eigenvalue weighted by Crippen LogP contribution is 2.31. The van der Waals surface area contributed by atoms with Crippen molar-refractivity contribution in [2.45, 2.75) is 25.9 Å². The lowest BCUT2D eigenvalue weighted by Gasteiger charge is -2.31. The molecule has 0 aliphatic carbocycles. The van der Waals surface area contributed by atoms with Crippen LogP contribution in [0.15, 0.2) is 42.5 Å². The van der Waals surface area contributed by atoms with Crippen LogP contribution in [0.4, 0.5) is 0 Å². The van der Waals surface area contributed by atoms with Crippen molar-refractivity contribution >= 4 is 27.5 Å². The van der Waals surface area contributed by atoms with E-state index in [9.17, 15) is 4.79 Å². The number of likely N-dealkylation sites (tertiary alicyclic amines) is 1. The highest BCUT2D eigenvalue weighted by atomic mass is 32.1. The maximum absolute atomic E-state index is 12.6. The lowest BCUT2D eigenvalue weighted by molar-refractivity contribution is 0.0595. The van der Waals surface area contributed by atoms with Gasteiger partial charge in [0.05, 0.1) is 21.8 Å². The van der Waals surface area contributed by atoms with Gasteiger partial charge in [-0.25, -0.2) is 4.98 Å². The molecule has 0 unspecified atom stereocenters. The number of nitriles is 1. The van der Waals surface area contributed by atoms with Gasteiger partial charge >= 0.3 is 0 Å². The molecule has 1 fully saturated rings. The second-order valence-corrected chi connectivity index (χ2v) is 7.69. The minimum absolute atomic E-state index is 0.00792. The number of carbonyl (C=O) groups is 1. The molecule has 1 aliphatic rings. The van der Waals surface area contributed by atoms with Gasteiger partial charge in [0.25, 0.3) is 11.1 Å². The number of nitrogens with zero attached hydrogens (tertiary/aromatic N) is 3. The lowest BCUT2D eigenvalue weighted by atomic mass is 10.1. The number of piperidine rings is 1. The average Bonchev–Trinajstić information content (AvgIpc) is 3.12. The number of hydrogen-bond donors (Lipinski definition) is 0. The molecule has 1 aliphatic heterocycles. The van der Waals surface area contributed by atoms with Gasteiger partial charge in [-0.1, -0.05) is 23.5 Å². The number of carbonyl (C=O) groups excluding carboxylic acids is 1. The maximum Gasteiger partial charge on any atom is 0.274 e. The third-order valence-electron chi connectivity index (χ3n) is 4.86. The number of ether oxygens (including phenoxy) is 1. The second kappa shape index (κ2) is 7.37. The molecule has 27 heavy (non-hydrogen) atoms. The summed E-state index contributed by atoms with van der Waals surface area (Å²) in [5.74, 6) is 0.00792. The van der Waals surface area contributed by atoms with Crippen LogP contribution in [-0.4, -0.2) is 35.0 Å². The van der Waals surface area contributed by atoms with Gasteiger partial charge in [-0.2, -0.15) is 5.26 Å². The molecule has 2 heterocycles. The smallest absolute Gasteiger partial charge is 0.274 e. The van der Waals surface area contributed by atoms with Crippen LogP contribution in [0.2, 0.25) is 0 Å². The number of hydrogen-bond acceptors (Lipinski definition) is 5. The van der Waals surface area contributed by atoms with Crippen molar-refractivity contribution in [2.24, 2.45) is 0 Å². The monoisotopic (exact) mass is 377 g/mol. The topological polar surface area (TPSA) is 66.2 Å². The Morgan fingerprint density at radius 1 is 1.22 bits per heavy atom. The third-order valence-corrected chi connectivity index (χ3v) is 5.77. The Morgan fingerprint density at radius 2 is 1.96 bits per heavy atom. The third kappa shape index (κ3) is 3.64. The first-order valence-electron chi connectivity index (χ1n) is 8.96. The SMILES string of the molecule is Cc1cccc2sc(OC3CCN(C(=O)c4ccc(C#N)cc4)CC3)nc12. The molecule has 1 aromatic heterocycles. The fourth-order valence-corrected chi connectivity index (χ4v) is 4.26. The predicted octanol–water partition coefficient (Wildman–Crippen LogP) is 4.16. The molecule has 6 heteroatoms. The van der Waals surface area contributed by atoms with Crippen LogP contribution in [0.3, 0.4) is 0 Å². The van der Waals surface area contributed by atoms with Gasteiger partial charge in [-0.05, 0) is 42.8 Å². The number of para-hydroxylation sites is 1. The van der Waals surface area contributed by atoms with E-state index >= 15 is 0 Å². The molecule has 4 rings (SSSR count). The fourth-order valence-electron chi connectivity index (χ4n) is 3.31. The van der Waals surface area contributed by atoms with E-state index < -0.39 is 0 Å². The van der Waals surface area contributed by atoms with Crippen molar-refractivity contribution in [1.29, 1.82) is 5.26 Å². The van der Waals surface area contributed by atoms with Gasteiger partial charge in [0, 0.05) is 31.5 Å². The molecule has 136 valence electrons. The molecule has 2 aromatic carbocycles. The summed E-state index contributed by atoms with van der Waals surface area (Å²) in [6.07, 6.45) is 1.66. The highest BCUT2D eigenvalue weighted by molar-refractivity contribution is 7.20. The molecular weight excluding hydrogens is 358 g/mol. The minimum Gasteiger partial charge on any atom is -0.467 e. The lowest BCUT2D eigenvalue weighted by Crippen LogP contribution is -2.41. The van der Waals surface area contributed by atoms with Crippen molar-refractivity contribution in [3.8, 4) is 11.3 Å². The molecule has 0 spiro atoms. The molecule has 0 atom stereocenters.